The van der Waals surface area contributed by atoms with Crippen LogP contribution in [0.3, 0.4) is 0 Å². The van der Waals surface area contributed by atoms with Crippen LogP contribution < -0.4 is 20.7 Å². The molecule has 4 rings (SSSR count). The largest absolute Gasteiger partial charge is 0.497 e. The van der Waals surface area contributed by atoms with Gasteiger partial charge in [0, 0.05) is 25.5 Å². The summed E-state index contributed by atoms with van der Waals surface area (Å²) in [5.41, 5.74) is 1.09. The zero-order chi connectivity index (χ0) is 21.6. The second kappa shape index (κ2) is 7.62. The SMILES string of the molecule is COc1ccc(-c2nc(Cn3c(Cl)nc4c3c(=O)n(C)c(=O)n4C)cs2)c(OC)c1. The molecule has 0 saturated carbocycles. The van der Waals surface area contributed by atoms with Gasteiger partial charge in [-0.3, -0.25) is 13.9 Å². The molecule has 11 heteroatoms. The molecule has 1 aromatic carbocycles. The van der Waals surface area contributed by atoms with Crippen LogP contribution in [0.5, 0.6) is 11.5 Å². The topological polar surface area (TPSA) is 93.2 Å². The molecule has 0 aliphatic carbocycles. The number of rotatable bonds is 5. The van der Waals surface area contributed by atoms with Crippen molar-refractivity contribution < 1.29 is 9.47 Å². The van der Waals surface area contributed by atoms with Gasteiger partial charge in [0.15, 0.2) is 11.2 Å². The number of imidazole rings is 1. The fraction of sp³-hybridized carbons (Fsp3) is 0.263. The molecule has 156 valence electrons. The van der Waals surface area contributed by atoms with Crippen molar-refractivity contribution in [2.45, 2.75) is 6.54 Å². The smallest absolute Gasteiger partial charge is 0.332 e. The van der Waals surface area contributed by atoms with Crippen molar-refractivity contribution in [3.63, 3.8) is 0 Å². The summed E-state index contributed by atoms with van der Waals surface area (Å²) < 4.78 is 14.6. The van der Waals surface area contributed by atoms with Crippen LogP contribution >= 0.6 is 22.9 Å². The molecule has 0 amide bonds. The Labute approximate surface area is 179 Å². The highest BCUT2D eigenvalue weighted by atomic mass is 35.5. The lowest BCUT2D eigenvalue weighted by molar-refractivity contribution is 0.395. The molecule has 0 N–H and O–H groups in total. The molecule has 0 bridgehead atoms. The van der Waals surface area contributed by atoms with E-state index in [1.165, 1.54) is 23.0 Å². The van der Waals surface area contributed by atoms with Gasteiger partial charge in [-0.1, -0.05) is 0 Å². The van der Waals surface area contributed by atoms with Crippen molar-refractivity contribution in [1.29, 1.82) is 0 Å². The minimum absolute atomic E-state index is 0.111. The van der Waals surface area contributed by atoms with E-state index in [2.05, 4.69) is 9.97 Å². The van der Waals surface area contributed by atoms with Gasteiger partial charge in [0.2, 0.25) is 5.28 Å². The highest BCUT2D eigenvalue weighted by Gasteiger charge is 2.19. The second-order valence-corrected chi connectivity index (χ2v) is 7.75. The molecule has 0 fully saturated rings. The summed E-state index contributed by atoms with van der Waals surface area (Å²) >= 11 is 7.75. The van der Waals surface area contributed by atoms with Crippen LogP contribution in [-0.4, -0.2) is 37.9 Å². The quantitative estimate of drug-likeness (QED) is 0.436. The van der Waals surface area contributed by atoms with E-state index in [4.69, 9.17) is 21.1 Å². The number of halogens is 1. The molecule has 0 aliphatic heterocycles. The van der Waals surface area contributed by atoms with Crippen molar-refractivity contribution in [3.05, 3.63) is 55.4 Å². The molecular weight excluding hydrogens is 430 g/mol. The van der Waals surface area contributed by atoms with Crippen LogP contribution in [-0.2, 0) is 20.6 Å². The third kappa shape index (κ3) is 3.17. The average molecular weight is 448 g/mol. The third-order valence-corrected chi connectivity index (χ3v) is 6.03. The average Bonchev–Trinajstić information content (AvgIpc) is 3.35. The molecule has 4 aromatic rings. The Morgan fingerprint density at radius 1 is 1.10 bits per heavy atom. The van der Waals surface area contributed by atoms with Crippen LogP contribution in [0.1, 0.15) is 5.69 Å². The molecule has 3 aromatic heterocycles. The predicted octanol–water partition coefficient (Wildman–Crippen LogP) is 2.28. The van der Waals surface area contributed by atoms with Crippen molar-refractivity contribution in [3.8, 4) is 22.1 Å². The fourth-order valence-corrected chi connectivity index (χ4v) is 4.27. The number of nitrogens with zero attached hydrogens (tertiary/aromatic N) is 5. The fourth-order valence-electron chi connectivity index (χ4n) is 3.20. The number of thiazole rings is 1. The van der Waals surface area contributed by atoms with Gasteiger partial charge in [-0.15, -0.1) is 11.3 Å². The summed E-state index contributed by atoms with van der Waals surface area (Å²) in [7, 11) is 6.15. The molecule has 3 heterocycles. The molecule has 0 unspecified atom stereocenters. The Morgan fingerprint density at radius 3 is 2.57 bits per heavy atom. The number of ether oxygens (including phenoxy) is 2. The van der Waals surface area contributed by atoms with E-state index in [0.29, 0.717) is 17.2 Å². The maximum Gasteiger partial charge on any atom is 0.332 e. The van der Waals surface area contributed by atoms with E-state index < -0.39 is 11.2 Å². The van der Waals surface area contributed by atoms with Crippen molar-refractivity contribution in [2.75, 3.05) is 14.2 Å². The van der Waals surface area contributed by atoms with Crippen molar-refractivity contribution in [2.24, 2.45) is 14.1 Å². The predicted molar refractivity (Wildman–Crippen MR) is 115 cm³/mol. The third-order valence-electron chi connectivity index (χ3n) is 4.81. The Kier molecular flexibility index (Phi) is 5.12. The van der Waals surface area contributed by atoms with Crippen LogP contribution in [0.25, 0.3) is 21.7 Å². The van der Waals surface area contributed by atoms with Crippen LogP contribution in [0, 0.1) is 0 Å². The van der Waals surface area contributed by atoms with Gasteiger partial charge in [0.05, 0.1) is 32.0 Å². The standard InChI is InChI=1S/C19H18ClN5O4S/c1-23-15-14(17(26)24(2)19(23)27)25(18(20)22-15)8-10-9-30-16(21-10)12-6-5-11(28-3)7-13(12)29-4/h5-7,9H,8H2,1-4H3. The van der Waals surface area contributed by atoms with E-state index in [-0.39, 0.29) is 23.0 Å². The number of aromatic nitrogens is 5. The molecule has 0 atom stereocenters. The highest BCUT2D eigenvalue weighted by Crippen LogP contribution is 2.35. The van der Waals surface area contributed by atoms with E-state index in [9.17, 15) is 9.59 Å². The maximum atomic E-state index is 12.7. The Bertz CT molecular complexity index is 1380. The summed E-state index contributed by atoms with van der Waals surface area (Å²) in [5, 5.41) is 2.75. The van der Waals surface area contributed by atoms with Gasteiger partial charge in [0.25, 0.3) is 5.56 Å². The first kappa shape index (κ1) is 20.2. The van der Waals surface area contributed by atoms with E-state index in [1.54, 1.807) is 31.9 Å². The lowest BCUT2D eigenvalue weighted by Crippen LogP contribution is -2.37. The van der Waals surface area contributed by atoms with Gasteiger partial charge < -0.3 is 14.0 Å². The summed E-state index contributed by atoms with van der Waals surface area (Å²) in [6.45, 7) is 0.234. The molecule has 0 radical (unpaired) electrons. The summed E-state index contributed by atoms with van der Waals surface area (Å²) in [6, 6.07) is 5.51. The van der Waals surface area contributed by atoms with Crippen molar-refractivity contribution in [1.82, 2.24) is 23.7 Å². The van der Waals surface area contributed by atoms with E-state index in [1.807, 2.05) is 17.5 Å². The number of benzene rings is 1. The lowest BCUT2D eigenvalue weighted by atomic mass is 10.2. The van der Waals surface area contributed by atoms with Crippen molar-refractivity contribution >= 4 is 34.1 Å². The van der Waals surface area contributed by atoms with Gasteiger partial charge in [-0.25, -0.2) is 9.78 Å². The zero-order valence-electron chi connectivity index (χ0n) is 16.7. The molecule has 0 aliphatic rings. The molecule has 0 spiro atoms. The molecule has 0 saturated heterocycles. The minimum Gasteiger partial charge on any atom is -0.497 e. The van der Waals surface area contributed by atoms with Crippen LogP contribution in [0.2, 0.25) is 5.28 Å². The minimum atomic E-state index is -0.462. The van der Waals surface area contributed by atoms with Gasteiger partial charge in [-0.2, -0.15) is 4.98 Å². The first-order chi connectivity index (χ1) is 14.3. The number of hydrogen-bond acceptors (Lipinski definition) is 7. The van der Waals surface area contributed by atoms with Gasteiger partial charge in [0.1, 0.15) is 16.5 Å². The highest BCUT2D eigenvalue weighted by molar-refractivity contribution is 7.13. The lowest BCUT2D eigenvalue weighted by Gasteiger charge is -2.08. The summed E-state index contributed by atoms with van der Waals surface area (Å²) in [4.78, 5) is 33.7. The Balaban J connectivity index is 1.77. The number of hydrogen-bond donors (Lipinski definition) is 0. The first-order valence-corrected chi connectivity index (χ1v) is 10.1. The van der Waals surface area contributed by atoms with E-state index in [0.717, 1.165) is 15.1 Å². The summed E-state index contributed by atoms with van der Waals surface area (Å²) in [6.07, 6.45) is 0. The number of fused-ring (bicyclic) bond motifs is 1. The maximum absolute atomic E-state index is 12.7. The number of aryl methyl sites for hydroxylation is 1. The monoisotopic (exact) mass is 447 g/mol. The molecule has 9 nitrogen and oxygen atoms in total. The van der Waals surface area contributed by atoms with Gasteiger partial charge >= 0.3 is 5.69 Å². The van der Waals surface area contributed by atoms with E-state index >= 15 is 0 Å². The first-order valence-electron chi connectivity index (χ1n) is 8.84. The molecular formula is C19H18ClN5O4S. The van der Waals surface area contributed by atoms with Crippen LogP contribution in [0.15, 0.2) is 33.2 Å². The second-order valence-electron chi connectivity index (χ2n) is 6.56. The summed E-state index contributed by atoms with van der Waals surface area (Å²) in [5.74, 6) is 1.33. The Morgan fingerprint density at radius 2 is 1.87 bits per heavy atom. The normalized spacial score (nSPS) is 11.2. The van der Waals surface area contributed by atoms with Crippen LogP contribution in [0.4, 0.5) is 0 Å². The zero-order valence-corrected chi connectivity index (χ0v) is 18.2. The Hall–Kier alpha value is -3.11. The molecule has 30 heavy (non-hydrogen) atoms. The van der Waals surface area contributed by atoms with Gasteiger partial charge in [-0.05, 0) is 23.7 Å². The number of methoxy groups -OCH3 is 2.